The molecule has 3 rings (SSSR count). The molecule has 0 aliphatic rings. The van der Waals surface area contributed by atoms with Crippen LogP contribution in [0.2, 0.25) is 10.0 Å². The molecular weight excluding hydrogens is 307 g/mol. The van der Waals surface area contributed by atoms with Gasteiger partial charge in [0.2, 0.25) is 0 Å². The Kier molecular flexibility index (Phi) is 3.92. The van der Waals surface area contributed by atoms with Crippen LogP contribution in [0.15, 0.2) is 48.5 Å². The fraction of sp³-hybridized carbons (Fsp3) is 0.0667. The first-order valence-corrected chi connectivity index (χ1v) is 7.08. The van der Waals surface area contributed by atoms with E-state index >= 15 is 0 Å². The van der Waals surface area contributed by atoms with Gasteiger partial charge in [-0.3, -0.25) is 5.10 Å². The van der Waals surface area contributed by atoms with Crippen molar-refractivity contribution < 1.29 is 0 Å². The van der Waals surface area contributed by atoms with Gasteiger partial charge in [0.25, 0.3) is 0 Å². The van der Waals surface area contributed by atoms with E-state index in [2.05, 4.69) is 15.2 Å². The molecule has 2 aromatic carbocycles. The molecule has 0 radical (unpaired) electrons. The number of nitrogens with one attached hydrogen (secondary N) is 1. The molecule has 21 heavy (non-hydrogen) atoms. The summed E-state index contributed by atoms with van der Waals surface area (Å²) in [6, 6.07) is 14.3. The number of halogens is 2. The van der Waals surface area contributed by atoms with E-state index in [9.17, 15) is 0 Å². The number of H-pyrrole nitrogens is 1. The smallest absolute Gasteiger partial charge is 0.181 e. The van der Waals surface area contributed by atoms with Crippen LogP contribution >= 0.6 is 23.2 Å². The third kappa shape index (κ3) is 3.08. The van der Waals surface area contributed by atoms with Crippen LogP contribution in [0.4, 0.5) is 0 Å². The number of nitrogens with two attached hydrogens (primary N) is 1. The number of rotatable bonds is 3. The highest BCUT2D eigenvalue weighted by molar-refractivity contribution is 6.31. The van der Waals surface area contributed by atoms with E-state index in [1.54, 1.807) is 18.2 Å². The van der Waals surface area contributed by atoms with Crippen molar-refractivity contribution in [3.8, 4) is 11.4 Å². The second kappa shape index (κ2) is 5.85. The molecular formula is C15H12Cl2N4. The molecule has 1 atom stereocenters. The van der Waals surface area contributed by atoms with Crippen molar-refractivity contribution >= 4 is 23.2 Å². The normalized spacial score (nSPS) is 12.3. The zero-order valence-electron chi connectivity index (χ0n) is 10.9. The Labute approximate surface area is 131 Å². The highest BCUT2D eigenvalue weighted by atomic mass is 35.5. The van der Waals surface area contributed by atoms with Crippen molar-refractivity contribution in [1.29, 1.82) is 0 Å². The number of hydrogen-bond donors (Lipinski definition) is 2. The summed E-state index contributed by atoms with van der Waals surface area (Å²) in [4.78, 5) is 4.44. The van der Waals surface area contributed by atoms with Crippen molar-refractivity contribution in [2.45, 2.75) is 6.04 Å². The van der Waals surface area contributed by atoms with Gasteiger partial charge in [-0.1, -0.05) is 47.5 Å². The lowest BCUT2D eigenvalue weighted by Gasteiger charge is -2.08. The van der Waals surface area contributed by atoms with Crippen molar-refractivity contribution in [3.63, 3.8) is 0 Å². The monoisotopic (exact) mass is 318 g/mol. The summed E-state index contributed by atoms with van der Waals surface area (Å²) in [5.41, 5.74) is 7.94. The van der Waals surface area contributed by atoms with Crippen LogP contribution in [0.3, 0.4) is 0 Å². The number of hydrogen-bond acceptors (Lipinski definition) is 3. The summed E-state index contributed by atoms with van der Waals surface area (Å²) in [5, 5.41) is 8.37. The third-order valence-electron chi connectivity index (χ3n) is 3.11. The number of aromatic amines is 1. The SMILES string of the molecule is NC(c1ccc(Cl)cc1)c1nc(-c2cccc(Cl)c2)n[nH]1. The van der Waals surface area contributed by atoms with Crippen LogP contribution < -0.4 is 5.73 Å². The van der Waals surface area contributed by atoms with Gasteiger partial charge in [-0.15, -0.1) is 0 Å². The average molecular weight is 319 g/mol. The Morgan fingerprint density at radius 2 is 1.76 bits per heavy atom. The quantitative estimate of drug-likeness (QED) is 0.771. The van der Waals surface area contributed by atoms with Crippen molar-refractivity contribution in [1.82, 2.24) is 15.2 Å². The molecule has 0 aliphatic carbocycles. The van der Waals surface area contributed by atoms with Gasteiger partial charge in [0.1, 0.15) is 5.82 Å². The minimum atomic E-state index is -0.386. The third-order valence-corrected chi connectivity index (χ3v) is 3.60. The summed E-state index contributed by atoms with van der Waals surface area (Å²) in [6.07, 6.45) is 0. The maximum atomic E-state index is 6.18. The summed E-state index contributed by atoms with van der Waals surface area (Å²) in [5.74, 6) is 1.16. The lowest BCUT2D eigenvalue weighted by molar-refractivity contribution is 0.787. The van der Waals surface area contributed by atoms with Gasteiger partial charge in [-0.25, -0.2) is 4.98 Å². The minimum Gasteiger partial charge on any atom is -0.318 e. The van der Waals surface area contributed by atoms with Crippen molar-refractivity contribution in [2.24, 2.45) is 5.73 Å². The van der Waals surface area contributed by atoms with E-state index in [0.717, 1.165) is 11.1 Å². The maximum Gasteiger partial charge on any atom is 0.181 e. The van der Waals surface area contributed by atoms with Gasteiger partial charge in [0.05, 0.1) is 6.04 Å². The van der Waals surface area contributed by atoms with Gasteiger partial charge >= 0.3 is 0 Å². The lowest BCUT2D eigenvalue weighted by Crippen LogP contribution is -2.13. The average Bonchev–Trinajstić information content (AvgIpc) is 2.97. The van der Waals surface area contributed by atoms with E-state index in [0.29, 0.717) is 21.7 Å². The molecule has 106 valence electrons. The van der Waals surface area contributed by atoms with E-state index < -0.39 is 0 Å². The summed E-state index contributed by atoms with van der Waals surface area (Å²) in [7, 11) is 0. The number of nitrogens with zero attached hydrogens (tertiary/aromatic N) is 2. The molecule has 3 aromatic rings. The molecule has 0 saturated carbocycles. The maximum absolute atomic E-state index is 6.18. The Bertz CT molecular complexity index is 752. The predicted molar refractivity (Wildman–Crippen MR) is 84.3 cm³/mol. The molecule has 0 bridgehead atoms. The molecule has 4 nitrogen and oxygen atoms in total. The minimum absolute atomic E-state index is 0.386. The molecule has 1 unspecified atom stereocenters. The Balaban J connectivity index is 1.89. The summed E-state index contributed by atoms with van der Waals surface area (Å²) >= 11 is 11.8. The molecule has 3 N–H and O–H groups in total. The topological polar surface area (TPSA) is 67.6 Å². The van der Waals surface area contributed by atoms with Gasteiger partial charge in [0, 0.05) is 15.6 Å². The first kappa shape index (κ1) is 14.1. The van der Waals surface area contributed by atoms with Crippen molar-refractivity contribution in [2.75, 3.05) is 0 Å². The molecule has 0 saturated heterocycles. The largest absolute Gasteiger partial charge is 0.318 e. The van der Waals surface area contributed by atoms with Crippen LogP contribution in [0, 0.1) is 0 Å². The van der Waals surface area contributed by atoms with Crippen molar-refractivity contribution in [3.05, 3.63) is 70.0 Å². The number of benzene rings is 2. The molecule has 0 fully saturated rings. The fourth-order valence-corrected chi connectivity index (χ4v) is 2.31. The molecule has 1 aromatic heterocycles. The van der Waals surface area contributed by atoms with Crippen LogP contribution in [0.1, 0.15) is 17.4 Å². The molecule has 6 heteroatoms. The first-order valence-electron chi connectivity index (χ1n) is 6.33. The molecule has 1 heterocycles. The predicted octanol–water partition coefficient (Wildman–Crippen LogP) is 3.83. The van der Waals surface area contributed by atoms with E-state index in [1.165, 1.54) is 0 Å². The Morgan fingerprint density at radius 3 is 2.48 bits per heavy atom. The van der Waals surface area contributed by atoms with Gasteiger partial charge in [0.15, 0.2) is 5.82 Å². The molecule has 0 aliphatic heterocycles. The first-order chi connectivity index (χ1) is 10.1. The number of aromatic nitrogens is 3. The lowest BCUT2D eigenvalue weighted by atomic mass is 10.1. The van der Waals surface area contributed by atoms with Gasteiger partial charge in [-0.05, 0) is 29.8 Å². The summed E-state index contributed by atoms with van der Waals surface area (Å²) in [6.45, 7) is 0. The van der Waals surface area contributed by atoms with E-state index in [-0.39, 0.29) is 6.04 Å². The Hall–Kier alpha value is -1.88. The van der Waals surface area contributed by atoms with Crippen LogP contribution in [-0.2, 0) is 0 Å². The fourth-order valence-electron chi connectivity index (χ4n) is 2.00. The standard InChI is InChI=1S/C15H12Cl2N4/c16-11-6-4-9(5-7-11)13(18)15-19-14(20-21-15)10-2-1-3-12(17)8-10/h1-8,13H,18H2,(H,19,20,21). The summed E-state index contributed by atoms with van der Waals surface area (Å²) < 4.78 is 0. The van der Waals surface area contributed by atoms with E-state index in [1.807, 2.05) is 30.3 Å². The van der Waals surface area contributed by atoms with Crippen LogP contribution in [-0.4, -0.2) is 15.2 Å². The van der Waals surface area contributed by atoms with Gasteiger partial charge < -0.3 is 5.73 Å². The molecule has 0 spiro atoms. The van der Waals surface area contributed by atoms with Gasteiger partial charge in [-0.2, -0.15) is 5.10 Å². The Morgan fingerprint density at radius 1 is 1.00 bits per heavy atom. The van der Waals surface area contributed by atoms with E-state index in [4.69, 9.17) is 28.9 Å². The highest BCUT2D eigenvalue weighted by Gasteiger charge is 2.14. The van der Waals surface area contributed by atoms with Crippen LogP contribution in [0.25, 0.3) is 11.4 Å². The molecule has 0 amide bonds. The second-order valence-electron chi connectivity index (χ2n) is 4.58. The zero-order chi connectivity index (χ0) is 14.8. The highest BCUT2D eigenvalue weighted by Crippen LogP contribution is 2.23. The van der Waals surface area contributed by atoms with Crippen LogP contribution in [0.5, 0.6) is 0 Å². The second-order valence-corrected chi connectivity index (χ2v) is 5.46. The zero-order valence-corrected chi connectivity index (χ0v) is 12.4.